The minimum Gasteiger partial charge on any atom is -0.496 e. The van der Waals surface area contributed by atoms with Gasteiger partial charge in [0.05, 0.1) is 44.9 Å². The van der Waals surface area contributed by atoms with Crippen molar-refractivity contribution in [3.8, 4) is 22.8 Å². The van der Waals surface area contributed by atoms with E-state index in [0.29, 0.717) is 6.07 Å². The van der Waals surface area contributed by atoms with E-state index >= 15 is 0 Å². The van der Waals surface area contributed by atoms with Crippen LogP contribution in [0.25, 0.3) is 11.1 Å². The number of benzene rings is 1. The maximum atomic E-state index is 13.0. The van der Waals surface area contributed by atoms with Gasteiger partial charge in [-0.25, -0.2) is 4.98 Å². The zero-order valence-corrected chi connectivity index (χ0v) is 16.1. The van der Waals surface area contributed by atoms with E-state index < -0.39 is 17.8 Å². The van der Waals surface area contributed by atoms with E-state index in [0.717, 1.165) is 7.11 Å². The maximum Gasteiger partial charge on any atom is 0.433 e. The summed E-state index contributed by atoms with van der Waals surface area (Å²) in [5.41, 5.74) is -1.28. The molecule has 0 spiro atoms. The Morgan fingerprint density at radius 3 is 1.68 bits per heavy atom. The number of hydrogen-bond donors (Lipinski definition) is 0. The topological polar surface area (TPSA) is 31.4 Å². The number of rotatable bonds is 3. The first-order chi connectivity index (χ1) is 11.5. The van der Waals surface area contributed by atoms with Crippen LogP contribution in [0.15, 0.2) is 6.07 Å². The average Bonchev–Trinajstić information content (AvgIpc) is 2.57. The number of halogens is 8. The van der Waals surface area contributed by atoms with Crippen molar-refractivity contribution in [1.82, 2.24) is 4.98 Å². The molecule has 0 N–H and O–H groups in total. The standard InChI is InChI=1S/C14H7Cl5F3NO2/c1-24-4-3-5(14(20,21)22)23-13(25-2)6(4)7-8(15)10(17)12(19)11(18)9(7)16/h3H,1-2H3. The SMILES string of the molecule is COc1cc(C(F)(F)F)nc(OC)c1-c1c(Cl)c(Cl)c(Cl)c(Cl)c1Cl. The van der Waals surface area contributed by atoms with Crippen molar-refractivity contribution in [2.45, 2.75) is 6.18 Å². The summed E-state index contributed by atoms with van der Waals surface area (Å²) in [4.78, 5) is 3.45. The Morgan fingerprint density at radius 2 is 1.28 bits per heavy atom. The van der Waals surface area contributed by atoms with E-state index in [4.69, 9.17) is 67.5 Å². The van der Waals surface area contributed by atoms with Gasteiger partial charge < -0.3 is 9.47 Å². The van der Waals surface area contributed by atoms with Gasteiger partial charge >= 0.3 is 6.18 Å². The summed E-state index contributed by atoms with van der Waals surface area (Å²) in [6, 6.07) is 0.681. The summed E-state index contributed by atoms with van der Waals surface area (Å²) in [6.07, 6.45) is -4.72. The van der Waals surface area contributed by atoms with Gasteiger partial charge in [-0.2, -0.15) is 13.2 Å². The molecule has 0 bridgehead atoms. The van der Waals surface area contributed by atoms with Crippen LogP contribution >= 0.6 is 58.0 Å². The molecule has 0 unspecified atom stereocenters. The van der Waals surface area contributed by atoms with E-state index in [-0.39, 0.29) is 42.0 Å². The molecule has 136 valence electrons. The lowest BCUT2D eigenvalue weighted by atomic mass is 10.0. The minimum atomic E-state index is -4.72. The lowest BCUT2D eigenvalue weighted by Crippen LogP contribution is -2.10. The van der Waals surface area contributed by atoms with Gasteiger partial charge in [0.15, 0.2) is 5.69 Å². The van der Waals surface area contributed by atoms with Gasteiger partial charge in [0.25, 0.3) is 0 Å². The first-order valence-corrected chi connectivity index (χ1v) is 8.15. The molecule has 0 aliphatic rings. The highest BCUT2D eigenvalue weighted by atomic mass is 35.5. The Morgan fingerprint density at radius 1 is 0.800 bits per heavy atom. The fourth-order valence-corrected chi connectivity index (χ4v) is 3.34. The molecule has 1 heterocycles. The Hall–Kier alpha value is -0.790. The Balaban J connectivity index is 2.94. The third-order valence-corrected chi connectivity index (χ3v) is 5.39. The predicted molar refractivity (Wildman–Crippen MR) is 92.8 cm³/mol. The van der Waals surface area contributed by atoms with Crippen molar-refractivity contribution in [1.29, 1.82) is 0 Å². The lowest BCUT2D eigenvalue weighted by molar-refractivity contribution is -0.141. The molecule has 0 aliphatic carbocycles. The number of methoxy groups -OCH3 is 2. The largest absolute Gasteiger partial charge is 0.496 e. The monoisotopic (exact) mass is 453 g/mol. The first kappa shape index (κ1) is 20.5. The Bertz CT molecular complexity index is 788. The van der Waals surface area contributed by atoms with Gasteiger partial charge in [0.2, 0.25) is 5.88 Å². The van der Waals surface area contributed by atoms with E-state index in [1.165, 1.54) is 7.11 Å². The predicted octanol–water partition coefficient (Wildman–Crippen LogP) is 7.05. The van der Waals surface area contributed by atoms with Gasteiger partial charge in [-0.3, -0.25) is 0 Å². The summed E-state index contributed by atoms with van der Waals surface area (Å²) >= 11 is 30.3. The normalized spacial score (nSPS) is 11.6. The van der Waals surface area contributed by atoms with Crippen LogP contribution in [0.2, 0.25) is 25.1 Å². The Kier molecular flexibility index (Phi) is 6.11. The highest BCUT2D eigenvalue weighted by molar-refractivity contribution is 6.56. The zero-order valence-electron chi connectivity index (χ0n) is 12.4. The average molecular weight is 455 g/mol. The fraction of sp³-hybridized carbons (Fsp3) is 0.214. The summed E-state index contributed by atoms with van der Waals surface area (Å²) in [6.45, 7) is 0. The van der Waals surface area contributed by atoms with Gasteiger partial charge in [-0.05, 0) is 0 Å². The van der Waals surface area contributed by atoms with Gasteiger partial charge in [-0.15, -0.1) is 0 Å². The van der Waals surface area contributed by atoms with Gasteiger partial charge in [0.1, 0.15) is 5.75 Å². The molecule has 3 nitrogen and oxygen atoms in total. The molecule has 25 heavy (non-hydrogen) atoms. The molecule has 0 aliphatic heterocycles. The molecule has 2 aromatic rings. The van der Waals surface area contributed by atoms with Crippen molar-refractivity contribution < 1.29 is 22.6 Å². The van der Waals surface area contributed by atoms with Crippen LogP contribution in [-0.4, -0.2) is 19.2 Å². The molecule has 0 radical (unpaired) electrons. The molecule has 2 rings (SSSR count). The summed E-state index contributed by atoms with van der Waals surface area (Å²) in [7, 11) is 2.30. The van der Waals surface area contributed by atoms with E-state index in [2.05, 4.69) is 4.98 Å². The number of pyridine rings is 1. The van der Waals surface area contributed by atoms with Gasteiger partial charge in [0, 0.05) is 11.6 Å². The quantitative estimate of drug-likeness (QED) is 0.367. The van der Waals surface area contributed by atoms with E-state index in [1.807, 2.05) is 0 Å². The second kappa shape index (κ2) is 7.45. The van der Waals surface area contributed by atoms with Crippen molar-refractivity contribution in [2.75, 3.05) is 14.2 Å². The number of aromatic nitrogens is 1. The van der Waals surface area contributed by atoms with E-state index in [1.54, 1.807) is 0 Å². The third kappa shape index (κ3) is 3.69. The molecule has 1 aromatic carbocycles. The van der Waals surface area contributed by atoms with Gasteiger partial charge in [-0.1, -0.05) is 58.0 Å². The number of alkyl halides is 3. The summed E-state index contributed by atoms with van der Waals surface area (Å²) < 4.78 is 49.0. The number of hydrogen-bond acceptors (Lipinski definition) is 3. The molecule has 1 aromatic heterocycles. The molecular formula is C14H7Cl5F3NO2. The van der Waals surface area contributed by atoms with Crippen LogP contribution < -0.4 is 9.47 Å². The van der Waals surface area contributed by atoms with Crippen molar-refractivity contribution >= 4 is 58.0 Å². The molecule has 0 saturated carbocycles. The second-order valence-electron chi connectivity index (χ2n) is 4.54. The summed E-state index contributed by atoms with van der Waals surface area (Å²) in [5.74, 6) is -0.664. The van der Waals surface area contributed by atoms with Crippen LogP contribution in [0, 0.1) is 0 Å². The number of nitrogens with zero attached hydrogens (tertiary/aromatic N) is 1. The van der Waals surface area contributed by atoms with E-state index in [9.17, 15) is 13.2 Å². The first-order valence-electron chi connectivity index (χ1n) is 6.26. The van der Waals surface area contributed by atoms with Crippen LogP contribution in [0.5, 0.6) is 11.6 Å². The maximum absolute atomic E-state index is 13.0. The van der Waals surface area contributed by atoms with Crippen molar-refractivity contribution in [3.63, 3.8) is 0 Å². The third-order valence-electron chi connectivity index (χ3n) is 3.11. The highest BCUT2D eigenvalue weighted by Gasteiger charge is 2.36. The smallest absolute Gasteiger partial charge is 0.433 e. The fourth-order valence-electron chi connectivity index (χ4n) is 2.01. The van der Waals surface area contributed by atoms with Crippen molar-refractivity contribution in [2.24, 2.45) is 0 Å². The molecule has 11 heteroatoms. The van der Waals surface area contributed by atoms with Crippen molar-refractivity contribution in [3.05, 3.63) is 36.9 Å². The lowest BCUT2D eigenvalue weighted by Gasteiger charge is -2.19. The molecule has 0 fully saturated rings. The summed E-state index contributed by atoms with van der Waals surface area (Å²) in [5, 5.41) is -0.633. The number of ether oxygens (including phenoxy) is 2. The molecule has 0 saturated heterocycles. The zero-order chi connectivity index (χ0) is 19.1. The molecule has 0 amide bonds. The minimum absolute atomic E-state index is 0.0161. The molecular weight excluding hydrogens is 448 g/mol. The van der Waals surface area contributed by atoms with Crippen LogP contribution in [0.1, 0.15) is 5.69 Å². The Labute approximate surface area is 165 Å². The molecule has 0 atom stereocenters. The second-order valence-corrected chi connectivity index (χ2v) is 6.43. The van der Waals surface area contributed by atoms with Crippen LogP contribution in [-0.2, 0) is 6.18 Å². The van der Waals surface area contributed by atoms with Crippen LogP contribution in [0.3, 0.4) is 0 Å². The van der Waals surface area contributed by atoms with Crippen LogP contribution in [0.4, 0.5) is 13.2 Å². The highest BCUT2D eigenvalue weighted by Crippen LogP contribution is 2.52.